The van der Waals surface area contributed by atoms with E-state index in [9.17, 15) is 0 Å². The van der Waals surface area contributed by atoms with Crippen LogP contribution in [0.5, 0.6) is 0 Å². The lowest BCUT2D eigenvalue weighted by atomic mass is 10.2. The number of alkyl halides is 1. The van der Waals surface area contributed by atoms with Crippen molar-refractivity contribution in [1.29, 1.82) is 10.5 Å². The summed E-state index contributed by atoms with van der Waals surface area (Å²) in [7, 11) is 1.86. The van der Waals surface area contributed by atoms with Crippen LogP contribution in [0.25, 0.3) is 0 Å². The minimum absolute atomic E-state index is 0.157. The monoisotopic (exact) mass is 185 g/mol. The molecule has 0 saturated carbocycles. The third-order valence-electron chi connectivity index (χ3n) is 1.73. The Morgan fingerprint density at radius 1 is 1.50 bits per heavy atom. The van der Waals surface area contributed by atoms with Crippen molar-refractivity contribution >= 4 is 11.6 Å². The Bertz CT molecular complexity index is 203. The van der Waals surface area contributed by atoms with E-state index in [2.05, 4.69) is 6.07 Å². The minimum Gasteiger partial charge on any atom is -0.300 e. The van der Waals surface area contributed by atoms with E-state index in [1.165, 1.54) is 0 Å². The summed E-state index contributed by atoms with van der Waals surface area (Å²) in [5.74, 6) is 0. The van der Waals surface area contributed by atoms with Gasteiger partial charge >= 0.3 is 0 Å². The first-order valence-corrected chi connectivity index (χ1v) is 4.16. The predicted octanol–water partition coefficient (Wildman–Crippen LogP) is 1.35. The molecule has 0 heterocycles. The first-order chi connectivity index (χ1) is 5.61. The second-order valence-corrected chi connectivity index (χ2v) is 3.27. The fraction of sp³-hybridized carbons (Fsp3) is 0.750. The van der Waals surface area contributed by atoms with Crippen LogP contribution >= 0.6 is 11.6 Å². The third kappa shape index (κ3) is 4.18. The second kappa shape index (κ2) is 5.83. The number of halogens is 1. The molecule has 2 atom stereocenters. The Morgan fingerprint density at radius 2 is 2.08 bits per heavy atom. The normalized spacial score (nSPS) is 14.8. The van der Waals surface area contributed by atoms with Crippen LogP contribution in [-0.4, -0.2) is 29.9 Å². The van der Waals surface area contributed by atoms with Gasteiger partial charge in [0.2, 0.25) is 0 Å². The van der Waals surface area contributed by atoms with Crippen molar-refractivity contribution in [3.8, 4) is 12.1 Å². The molecular weight excluding hydrogens is 174 g/mol. The van der Waals surface area contributed by atoms with Crippen molar-refractivity contribution in [2.24, 2.45) is 0 Å². The summed E-state index contributed by atoms with van der Waals surface area (Å²) >= 11 is 5.62. The third-order valence-corrected chi connectivity index (χ3v) is 1.96. The number of nitriles is 2. The molecule has 0 N–H and O–H groups in total. The van der Waals surface area contributed by atoms with Crippen LogP contribution in [0, 0.1) is 22.7 Å². The maximum absolute atomic E-state index is 8.42. The molecule has 0 aliphatic heterocycles. The fourth-order valence-electron chi connectivity index (χ4n) is 0.762. The van der Waals surface area contributed by atoms with Gasteiger partial charge in [0.25, 0.3) is 0 Å². The number of hydrogen-bond acceptors (Lipinski definition) is 3. The van der Waals surface area contributed by atoms with E-state index < -0.39 is 5.38 Å². The summed E-state index contributed by atoms with van der Waals surface area (Å²) in [6, 6.07) is 4.16. The van der Waals surface area contributed by atoms with Crippen LogP contribution < -0.4 is 0 Å². The van der Waals surface area contributed by atoms with Crippen LogP contribution in [0.1, 0.15) is 13.3 Å². The molecule has 2 unspecified atom stereocenters. The lowest BCUT2D eigenvalue weighted by Gasteiger charge is -2.22. The molecular formula is C8H12ClN3. The minimum atomic E-state index is -0.490. The summed E-state index contributed by atoms with van der Waals surface area (Å²) in [5, 5.41) is 16.3. The van der Waals surface area contributed by atoms with Crippen LogP contribution in [0.15, 0.2) is 0 Å². The molecule has 66 valence electrons. The standard InChI is InChI=1S/C8H12ClN3/c1-7(3-4-10)12(2)6-8(9)5-11/h7-8H,3,6H2,1-2H3. The zero-order valence-electron chi connectivity index (χ0n) is 7.29. The molecule has 0 saturated heterocycles. The van der Waals surface area contributed by atoms with Crippen molar-refractivity contribution in [3.05, 3.63) is 0 Å². The average Bonchev–Trinajstić information content (AvgIpc) is 2.04. The first-order valence-electron chi connectivity index (χ1n) is 3.72. The zero-order valence-corrected chi connectivity index (χ0v) is 8.04. The van der Waals surface area contributed by atoms with Crippen molar-refractivity contribution < 1.29 is 0 Å². The highest BCUT2D eigenvalue weighted by molar-refractivity contribution is 6.22. The molecule has 0 spiro atoms. The van der Waals surface area contributed by atoms with Crippen LogP contribution in [-0.2, 0) is 0 Å². The maximum atomic E-state index is 8.42. The smallest absolute Gasteiger partial charge is 0.133 e. The molecule has 0 aliphatic carbocycles. The number of rotatable bonds is 4. The lowest BCUT2D eigenvalue weighted by molar-refractivity contribution is 0.268. The van der Waals surface area contributed by atoms with Gasteiger partial charge in [-0.3, -0.25) is 0 Å². The average molecular weight is 186 g/mol. The van der Waals surface area contributed by atoms with E-state index in [1.807, 2.05) is 24.9 Å². The molecule has 0 aromatic heterocycles. The van der Waals surface area contributed by atoms with E-state index in [-0.39, 0.29) is 6.04 Å². The van der Waals surface area contributed by atoms with Gasteiger partial charge in [-0.2, -0.15) is 10.5 Å². The highest BCUT2D eigenvalue weighted by Gasteiger charge is 2.12. The summed E-state index contributed by atoms with van der Waals surface area (Å²) in [6.07, 6.45) is 0.464. The molecule has 0 rings (SSSR count). The van der Waals surface area contributed by atoms with E-state index in [1.54, 1.807) is 0 Å². The first kappa shape index (κ1) is 11.2. The van der Waals surface area contributed by atoms with Crippen LogP contribution in [0.4, 0.5) is 0 Å². The molecule has 0 aromatic rings. The lowest BCUT2D eigenvalue weighted by Crippen LogP contribution is -2.33. The van der Waals surface area contributed by atoms with Gasteiger partial charge in [-0.05, 0) is 14.0 Å². The Hall–Kier alpha value is -0.770. The Labute approximate surface area is 78.1 Å². The van der Waals surface area contributed by atoms with Gasteiger partial charge in [0, 0.05) is 12.6 Å². The van der Waals surface area contributed by atoms with Crippen LogP contribution in [0.2, 0.25) is 0 Å². The predicted molar refractivity (Wildman–Crippen MR) is 47.6 cm³/mol. The molecule has 0 fully saturated rings. The Balaban J connectivity index is 3.81. The molecule has 0 aliphatic rings. The highest BCUT2D eigenvalue weighted by atomic mass is 35.5. The second-order valence-electron chi connectivity index (χ2n) is 2.75. The van der Waals surface area contributed by atoms with Gasteiger partial charge in [-0.1, -0.05) is 0 Å². The summed E-state index contributed by atoms with van der Waals surface area (Å²) < 4.78 is 0. The summed E-state index contributed by atoms with van der Waals surface area (Å²) in [5.41, 5.74) is 0. The number of hydrogen-bond donors (Lipinski definition) is 0. The molecule has 0 radical (unpaired) electrons. The fourth-order valence-corrected chi connectivity index (χ4v) is 0.979. The molecule has 4 heteroatoms. The van der Waals surface area contributed by atoms with Crippen molar-refractivity contribution in [2.75, 3.05) is 13.6 Å². The SMILES string of the molecule is CC(CC#N)N(C)CC(Cl)C#N. The van der Waals surface area contributed by atoms with Gasteiger partial charge in [0.1, 0.15) is 5.38 Å². The number of nitrogens with zero attached hydrogens (tertiary/aromatic N) is 3. The Kier molecular flexibility index (Phi) is 5.45. The highest BCUT2D eigenvalue weighted by Crippen LogP contribution is 2.03. The summed E-state index contributed by atoms with van der Waals surface area (Å²) in [4.78, 5) is 1.91. The molecule has 0 bridgehead atoms. The largest absolute Gasteiger partial charge is 0.300 e. The zero-order chi connectivity index (χ0) is 9.56. The van der Waals surface area contributed by atoms with Crippen LogP contribution in [0.3, 0.4) is 0 Å². The van der Waals surface area contributed by atoms with Gasteiger partial charge in [0.15, 0.2) is 0 Å². The van der Waals surface area contributed by atoms with E-state index >= 15 is 0 Å². The van der Waals surface area contributed by atoms with E-state index in [0.717, 1.165) is 0 Å². The van der Waals surface area contributed by atoms with Crippen molar-refractivity contribution in [2.45, 2.75) is 24.8 Å². The maximum Gasteiger partial charge on any atom is 0.133 e. The topological polar surface area (TPSA) is 50.8 Å². The molecule has 0 amide bonds. The van der Waals surface area contributed by atoms with Gasteiger partial charge in [-0.15, -0.1) is 11.6 Å². The van der Waals surface area contributed by atoms with Crippen molar-refractivity contribution in [1.82, 2.24) is 4.90 Å². The quantitative estimate of drug-likeness (QED) is 0.622. The molecule has 0 aromatic carbocycles. The van der Waals surface area contributed by atoms with E-state index in [0.29, 0.717) is 13.0 Å². The van der Waals surface area contributed by atoms with Gasteiger partial charge in [0.05, 0.1) is 18.6 Å². The van der Waals surface area contributed by atoms with Crippen molar-refractivity contribution in [3.63, 3.8) is 0 Å². The molecule has 12 heavy (non-hydrogen) atoms. The van der Waals surface area contributed by atoms with E-state index in [4.69, 9.17) is 22.1 Å². The van der Waals surface area contributed by atoms with Gasteiger partial charge < -0.3 is 4.90 Å². The Morgan fingerprint density at radius 3 is 2.50 bits per heavy atom. The van der Waals surface area contributed by atoms with Gasteiger partial charge in [-0.25, -0.2) is 0 Å². The molecule has 3 nitrogen and oxygen atoms in total. The summed E-state index contributed by atoms with van der Waals surface area (Å²) in [6.45, 7) is 2.44.